The summed E-state index contributed by atoms with van der Waals surface area (Å²) in [5.41, 5.74) is 7.54. The molecule has 1 saturated carbocycles. The second-order valence-corrected chi connectivity index (χ2v) is 4.70. The minimum atomic E-state index is -1.52. The van der Waals surface area contributed by atoms with Gasteiger partial charge in [-0.1, -0.05) is 24.4 Å². The van der Waals surface area contributed by atoms with E-state index in [9.17, 15) is 9.59 Å². The Bertz CT molecular complexity index is 396. The summed E-state index contributed by atoms with van der Waals surface area (Å²) in [7, 11) is 0. The molecule has 8 heteroatoms. The third-order valence-electron chi connectivity index (χ3n) is 3.20. The third-order valence-corrected chi connectivity index (χ3v) is 3.20. The summed E-state index contributed by atoms with van der Waals surface area (Å²) in [5.74, 6) is -1.65. The number of ether oxygens (including phenoxy) is 3. The van der Waals surface area contributed by atoms with E-state index in [1.165, 1.54) is 0 Å². The van der Waals surface area contributed by atoms with Crippen LogP contribution < -0.4 is 0 Å². The van der Waals surface area contributed by atoms with Gasteiger partial charge in [0.15, 0.2) is 0 Å². The highest BCUT2D eigenvalue weighted by molar-refractivity contribution is 5.98. The van der Waals surface area contributed by atoms with Crippen LogP contribution in [-0.4, -0.2) is 37.0 Å². The van der Waals surface area contributed by atoms with Crippen molar-refractivity contribution in [3.05, 3.63) is 10.4 Å². The molecule has 0 unspecified atom stereocenters. The lowest BCUT2D eigenvalue weighted by molar-refractivity contribution is -0.189. The second kappa shape index (κ2) is 8.49. The topological polar surface area (TPSA) is 111 Å². The molecule has 0 N–H and O–H groups in total. The highest BCUT2D eigenvalue weighted by atomic mass is 16.6. The van der Waals surface area contributed by atoms with Crippen LogP contribution in [0.15, 0.2) is 5.11 Å². The number of hydrogen-bond acceptors (Lipinski definition) is 6. The largest absolute Gasteiger partial charge is 0.464 e. The van der Waals surface area contributed by atoms with Gasteiger partial charge in [0.05, 0.1) is 13.2 Å². The molecule has 21 heavy (non-hydrogen) atoms. The summed E-state index contributed by atoms with van der Waals surface area (Å²) < 4.78 is 15.3. The van der Waals surface area contributed by atoms with Crippen LogP contribution in [0.25, 0.3) is 10.4 Å². The van der Waals surface area contributed by atoms with Crippen LogP contribution in [0.3, 0.4) is 0 Å². The molecule has 0 saturated heterocycles. The molecule has 0 spiro atoms. The van der Waals surface area contributed by atoms with Gasteiger partial charge in [-0.3, -0.25) is 0 Å². The highest BCUT2D eigenvalue weighted by Gasteiger charge is 2.41. The Labute approximate surface area is 123 Å². The van der Waals surface area contributed by atoms with E-state index in [1.54, 1.807) is 13.8 Å². The fourth-order valence-corrected chi connectivity index (χ4v) is 2.27. The molecule has 0 bridgehead atoms. The lowest BCUT2D eigenvalue weighted by atomic mass is 9.92. The maximum Gasteiger partial charge on any atom is 0.347 e. The first-order valence-electron chi connectivity index (χ1n) is 7.16. The predicted octanol–water partition coefficient (Wildman–Crippen LogP) is 2.47. The van der Waals surface area contributed by atoms with E-state index in [1.807, 2.05) is 0 Å². The molecule has 0 aromatic heterocycles. The lowest BCUT2D eigenvalue weighted by Gasteiger charge is -2.34. The standard InChI is InChI=1S/C13H21N3O5/c1-3-19-11(17)10(12(18)20-4-2)21-13(15-16-14)8-6-5-7-9-13/h10H,3-9H2,1-2H3. The fraction of sp³-hybridized carbons (Fsp3) is 0.846. The number of azide groups is 1. The molecule has 1 aliphatic rings. The summed E-state index contributed by atoms with van der Waals surface area (Å²) in [6.07, 6.45) is 2.01. The number of rotatable bonds is 7. The van der Waals surface area contributed by atoms with Crippen LogP contribution >= 0.6 is 0 Å². The van der Waals surface area contributed by atoms with Gasteiger partial charge in [0.1, 0.15) is 5.72 Å². The summed E-state index contributed by atoms with van der Waals surface area (Å²) in [4.78, 5) is 26.6. The average Bonchev–Trinajstić information content (AvgIpc) is 2.46. The molecule has 0 heterocycles. The number of carbonyl (C=O) groups excluding carboxylic acids is 2. The normalized spacial score (nSPS) is 16.9. The molecule has 1 fully saturated rings. The quantitative estimate of drug-likeness (QED) is 0.236. The summed E-state index contributed by atoms with van der Waals surface area (Å²) in [5, 5.41) is 3.68. The molecule has 0 atom stereocenters. The molecule has 0 radical (unpaired) electrons. The van der Waals surface area contributed by atoms with E-state index >= 15 is 0 Å². The van der Waals surface area contributed by atoms with Crippen molar-refractivity contribution in [1.29, 1.82) is 0 Å². The van der Waals surface area contributed by atoms with Crippen molar-refractivity contribution in [1.82, 2.24) is 0 Å². The number of nitrogens with zero attached hydrogens (tertiary/aromatic N) is 3. The van der Waals surface area contributed by atoms with E-state index in [4.69, 9.17) is 19.7 Å². The minimum absolute atomic E-state index is 0.118. The van der Waals surface area contributed by atoms with E-state index in [0.29, 0.717) is 12.8 Å². The zero-order valence-corrected chi connectivity index (χ0v) is 12.4. The fourth-order valence-electron chi connectivity index (χ4n) is 2.27. The predicted molar refractivity (Wildman–Crippen MR) is 73.1 cm³/mol. The molecule has 0 aromatic carbocycles. The van der Waals surface area contributed by atoms with E-state index in [2.05, 4.69) is 10.0 Å². The maximum absolute atomic E-state index is 11.9. The van der Waals surface area contributed by atoms with E-state index < -0.39 is 23.8 Å². The van der Waals surface area contributed by atoms with Crippen LogP contribution in [0.2, 0.25) is 0 Å². The Morgan fingerprint density at radius 1 is 1.14 bits per heavy atom. The molecule has 8 nitrogen and oxygen atoms in total. The molecule has 1 rings (SSSR count). The van der Waals surface area contributed by atoms with Gasteiger partial charge in [-0.15, -0.1) is 0 Å². The van der Waals surface area contributed by atoms with Gasteiger partial charge in [-0.2, -0.15) is 0 Å². The Hall–Kier alpha value is -1.79. The lowest BCUT2D eigenvalue weighted by Crippen LogP contribution is -2.45. The minimum Gasteiger partial charge on any atom is -0.464 e. The van der Waals surface area contributed by atoms with Crippen LogP contribution in [-0.2, 0) is 23.8 Å². The molecule has 1 aliphatic carbocycles. The van der Waals surface area contributed by atoms with Crippen LogP contribution in [0, 0.1) is 0 Å². The highest BCUT2D eigenvalue weighted by Crippen LogP contribution is 2.34. The average molecular weight is 299 g/mol. The first-order chi connectivity index (χ1) is 10.1. The van der Waals surface area contributed by atoms with Crippen molar-refractivity contribution < 1.29 is 23.8 Å². The van der Waals surface area contributed by atoms with Gasteiger partial charge in [0.25, 0.3) is 6.10 Å². The SMILES string of the molecule is CCOC(=O)C(OC1(N=[N+]=[N-])CCCCC1)C(=O)OCC. The van der Waals surface area contributed by atoms with Crippen molar-refractivity contribution in [3.63, 3.8) is 0 Å². The van der Waals surface area contributed by atoms with Crippen molar-refractivity contribution in [2.45, 2.75) is 57.8 Å². The molecular weight excluding hydrogens is 278 g/mol. The monoisotopic (exact) mass is 299 g/mol. The van der Waals surface area contributed by atoms with Crippen molar-refractivity contribution >= 4 is 11.9 Å². The number of esters is 2. The summed E-state index contributed by atoms with van der Waals surface area (Å²) in [6, 6.07) is 0. The molecule has 118 valence electrons. The molecule has 0 aromatic rings. The first-order valence-corrected chi connectivity index (χ1v) is 7.16. The van der Waals surface area contributed by atoms with Crippen LogP contribution in [0.4, 0.5) is 0 Å². The number of hydrogen-bond donors (Lipinski definition) is 0. The van der Waals surface area contributed by atoms with Gasteiger partial charge in [-0.05, 0) is 32.2 Å². The molecule has 0 aliphatic heterocycles. The smallest absolute Gasteiger partial charge is 0.347 e. The first kappa shape index (κ1) is 17.3. The van der Waals surface area contributed by atoms with Gasteiger partial charge in [0.2, 0.25) is 0 Å². The Kier molecular flexibility index (Phi) is 6.98. The molecular formula is C13H21N3O5. The maximum atomic E-state index is 11.9. The van der Waals surface area contributed by atoms with Gasteiger partial charge in [0, 0.05) is 4.91 Å². The van der Waals surface area contributed by atoms with Crippen molar-refractivity contribution in [2.75, 3.05) is 13.2 Å². The van der Waals surface area contributed by atoms with Gasteiger partial charge >= 0.3 is 11.9 Å². The third kappa shape index (κ3) is 4.91. The zero-order chi connectivity index (χ0) is 15.7. The van der Waals surface area contributed by atoms with Crippen LogP contribution in [0.1, 0.15) is 46.0 Å². The Morgan fingerprint density at radius 3 is 2.10 bits per heavy atom. The van der Waals surface area contributed by atoms with Crippen molar-refractivity contribution in [2.24, 2.45) is 5.11 Å². The van der Waals surface area contributed by atoms with Crippen molar-refractivity contribution in [3.8, 4) is 0 Å². The van der Waals surface area contributed by atoms with Gasteiger partial charge < -0.3 is 14.2 Å². The van der Waals surface area contributed by atoms with E-state index in [-0.39, 0.29) is 13.2 Å². The summed E-state index contributed by atoms with van der Waals surface area (Å²) in [6.45, 7) is 3.49. The summed E-state index contributed by atoms with van der Waals surface area (Å²) >= 11 is 0. The molecule has 0 amide bonds. The Balaban J connectivity index is 2.93. The van der Waals surface area contributed by atoms with Gasteiger partial charge in [-0.25, -0.2) is 9.59 Å². The van der Waals surface area contributed by atoms with E-state index in [0.717, 1.165) is 19.3 Å². The Morgan fingerprint density at radius 2 is 1.67 bits per heavy atom. The zero-order valence-electron chi connectivity index (χ0n) is 12.4. The van der Waals surface area contributed by atoms with Crippen LogP contribution in [0.5, 0.6) is 0 Å². The number of carbonyl (C=O) groups is 2. The second-order valence-electron chi connectivity index (χ2n) is 4.70.